The van der Waals surface area contributed by atoms with Gasteiger partial charge in [0.1, 0.15) is 5.58 Å². The second-order valence-electron chi connectivity index (χ2n) is 11.1. The van der Waals surface area contributed by atoms with Crippen LogP contribution in [0.2, 0.25) is 5.02 Å². The van der Waals surface area contributed by atoms with Crippen LogP contribution in [0.15, 0.2) is 82.2 Å². The van der Waals surface area contributed by atoms with Crippen molar-refractivity contribution in [3.63, 3.8) is 0 Å². The fourth-order valence-electron chi connectivity index (χ4n) is 5.56. The van der Waals surface area contributed by atoms with E-state index in [1.807, 2.05) is 42.5 Å². The second kappa shape index (κ2) is 13.5. The summed E-state index contributed by atoms with van der Waals surface area (Å²) in [4.78, 5) is 44.2. The highest BCUT2D eigenvalue weighted by atomic mass is 35.5. The average molecular weight is 617 g/mol. The lowest BCUT2D eigenvalue weighted by Gasteiger charge is -2.29. The van der Waals surface area contributed by atoms with Crippen LogP contribution in [0.4, 0.5) is 0 Å². The van der Waals surface area contributed by atoms with Gasteiger partial charge in [-0.15, -0.1) is 0 Å². The van der Waals surface area contributed by atoms with Crippen LogP contribution in [-0.2, 0) is 33.8 Å². The van der Waals surface area contributed by atoms with Gasteiger partial charge in [0.25, 0.3) is 0 Å². The first kappa shape index (κ1) is 29.7. The summed E-state index contributed by atoms with van der Waals surface area (Å²) in [6.45, 7) is 1.10. The van der Waals surface area contributed by atoms with Crippen molar-refractivity contribution >= 4 is 34.4 Å². The van der Waals surface area contributed by atoms with Crippen LogP contribution >= 0.6 is 11.6 Å². The molecule has 0 spiro atoms. The van der Waals surface area contributed by atoms with Gasteiger partial charge in [0, 0.05) is 31.1 Å². The minimum absolute atomic E-state index is 0.0238. The Labute approximate surface area is 259 Å². The summed E-state index contributed by atoms with van der Waals surface area (Å²) in [5, 5.41) is 0.746. The van der Waals surface area contributed by atoms with Gasteiger partial charge in [-0.3, -0.25) is 14.4 Å². The van der Waals surface area contributed by atoms with Gasteiger partial charge >= 0.3 is 0 Å². The Kier molecular flexibility index (Phi) is 9.14. The molecule has 3 heterocycles. The minimum Gasteiger partial charge on any atom is -0.464 e. The predicted octanol–water partition coefficient (Wildman–Crippen LogP) is 5.34. The molecule has 2 aliphatic heterocycles. The van der Waals surface area contributed by atoms with Crippen molar-refractivity contribution in [3.8, 4) is 11.5 Å². The van der Waals surface area contributed by atoms with Gasteiger partial charge < -0.3 is 28.4 Å². The van der Waals surface area contributed by atoms with Crippen molar-refractivity contribution in [2.75, 3.05) is 26.5 Å². The van der Waals surface area contributed by atoms with Crippen LogP contribution in [-0.4, -0.2) is 54.2 Å². The number of fused-ring (bicyclic) bond motifs is 2. The molecule has 1 aromatic heterocycles. The summed E-state index contributed by atoms with van der Waals surface area (Å²) in [7, 11) is 0. The normalized spacial score (nSPS) is 15.4. The highest BCUT2D eigenvalue weighted by Crippen LogP contribution is 2.33. The highest BCUT2D eigenvalue weighted by molar-refractivity contribution is 6.31. The zero-order valence-electron chi connectivity index (χ0n) is 24.2. The van der Waals surface area contributed by atoms with Crippen LogP contribution in [0, 0.1) is 0 Å². The smallest absolute Gasteiger partial charge is 0.242 e. The van der Waals surface area contributed by atoms with Crippen molar-refractivity contribution in [2.45, 2.75) is 44.9 Å². The summed E-state index contributed by atoms with van der Waals surface area (Å²) in [5.41, 5.74) is 2.28. The third kappa shape index (κ3) is 7.06. The Morgan fingerprint density at radius 2 is 1.73 bits per heavy atom. The van der Waals surface area contributed by atoms with Gasteiger partial charge in [0.05, 0.1) is 36.4 Å². The molecule has 9 nitrogen and oxygen atoms in total. The molecule has 0 aliphatic carbocycles. The van der Waals surface area contributed by atoms with Crippen LogP contribution < -0.4 is 14.9 Å². The van der Waals surface area contributed by atoms with Gasteiger partial charge in [-0.2, -0.15) is 0 Å². The fourth-order valence-corrected chi connectivity index (χ4v) is 5.73. The quantitative estimate of drug-likeness (QED) is 0.224. The zero-order chi connectivity index (χ0) is 30.5. The molecule has 10 heteroatoms. The first-order chi connectivity index (χ1) is 21.4. The maximum Gasteiger partial charge on any atom is 0.242 e. The first-order valence-electron chi connectivity index (χ1n) is 14.7. The fraction of sp³-hybridized carbons (Fsp3) is 0.324. The van der Waals surface area contributed by atoms with Crippen molar-refractivity contribution in [1.82, 2.24) is 9.80 Å². The predicted molar refractivity (Wildman–Crippen MR) is 165 cm³/mol. The van der Waals surface area contributed by atoms with E-state index in [2.05, 4.69) is 0 Å². The number of hydrogen-bond acceptors (Lipinski definition) is 7. The van der Waals surface area contributed by atoms with Gasteiger partial charge in [0.15, 0.2) is 16.9 Å². The maximum atomic E-state index is 14.1. The van der Waals surface area contributed by atoms with Crippen molar-refractivity contribution in [1.29, 1.82) is 0 Å². The van der Waals surface area contributed by atoms with E-state index in [1.165, 1.54) is 6.26 Å². The van der Waals surface area contributed by atoms with Gasteiger partial charge in [-0.25, -0.2) is 0 Å². The number of hydrogen-bond donors (Lipinski definition) is 0. The number of carbonyl (C=O) groups is 2. The molecule has 1 unspecified atom stereocenters. The van der Waals surface area contributed by atoms with Crippen molar-refractivity contribution in [3.05, 3.63) is 105 Å². The topological polar surface area (TPSA) is 98.5 Å². The third-order valence-corrected chi connectivity index (χ3v) is 8.16. The Morgan fingerprint density at radius 3 is 2.55 bits per heavy atom. The Bertz CT molecular complexity index is 1700. The van der Waals surface area contributed by atoms with E-state index in [0.717, 1.165) is 24.0 Å². The zero-order valence-corrected chi connectivity index (χ0v) is 25.0. The number of rotatable bonds is 11. The second-order valence-corrected chi connectivity index (χ2v) is 11.5. The molecule has 44 heavy (non-hydrogen) atoms. The monoisotopic (exact) mass is 616 g/mol. The van der Waals surface area contributed by atoms with Gasteiger partial charge in [0.2, 0.25) is 18.6 Å². The molecule has 2 aliphatic rings. The van der Waals surface area contributed by atoms with Crippen LogP contribution in [0.1, 0.15) is 36.0 Å². The van der Waals surface area contributed by atoms with E-state index in [1.54, 1.807) is 34.1 Å². The largest absolute Gasteiger partial charge is 0.464 e. The average Bonchev–Trinajstić information content (AvgIpc) is 3.73. The summed E-state index contributed by atoms with van der Waals surface area (Å²) < 4.78 is 22.6. The molecule has 0 bridgehead atoms. The molecule has 0 saturated carbocycles. The number of aryl methyl sites for hydroxylation is 1. The van der Waals surface area contributed by atoms with Crippen molar-refractivity contribution in [2.24, 2.45) is 0 Å². The molecule has 6 rings (SSSR count). The maximum absolute atomic E-state index is 14.1. The van der Waals surface area contributed by atoms with Crippen LogP contribution in [0.5, 0.6) is 11.5 Å². The Morgan fingerprint density at radius 1 is 0.886 bits per heavy atom. The summed E-state index contributed by atoms with van der Waals surface area (Å²) in [6, 6.07) is 20.1. The molecule has 0 radical (unpaired) electrons. The molecule has 2 amide bonds. The lowest BCUT2D eigenvalue weighted by Crippen LogP contribution is -2.45. The highest BCUT2D eigenvalue weighted by Gasteiger charge is 2.27. The van der Waals surface area contributed by atoms with E-state index in [0.29, 0.717) is 52.6 Å². The first-order valence-corrected chi connectivity index (χ1v) is 15.1. The number of carbonyl (C=O) groups excluding carboxylic acids is 2. The minimum atomic E-state index is -0.306. The molecular weight excluding hydrogens is 584 g/mol. The molecule has 228 valence electrons. The number of nitrogens with zero attached hydrogens (tertiary/aromatic N) is 2. The Hall–Kier alpha value is -4.34. The Balaban J connectivity index is 1.26. The number of halogens is 1. The number of amides is 2. The lowest BCUT2D eigenvalue weighted by molar-refractivity contribution is -0.142. The molecule has 1 saturated heterocycles. The SMILES string of the molecule is O=C(CN(CC1CCCO1)C(=O)CCc1ccccc1)N(Cc1ccc2c(c1)OCO2)Cc1coc2ccc(Cl)cc2c1=O. The summed E-state index contributed by atoms with van der Waals surface area (Å²) in [5.74, 6) is 0.788. The van der Waals surface area contributed by atoms with E-state index in [9.17, 15) is 14.4 Å². The molecule has 3 aromatic carbocycles. The van der Waals surface area contributed by atoms with Crippen molar-refractivity contribution < 1.29 is 28.2 Å². The molecule has 1 atom stereocenters. The number of ether oxygens (including phenoxy) is 3. The van der Waals surface area contributed by atoms with E-state index >= 15 is 0 Å². The molecule has 0 N–H and O–H groups in total. The summed E-state index contributed by atoms with van der Waals surface area (Å²) in [6.07, 6.45) is 3.84. The van der Waals surface area contributed by atoms with E-state index < -0.39 is 0 Å². The number of benzene rings is 3. The van der Waals surface area contributed by atoms with Gasteiger partial charge in [-0.05, 0) is 60.7 Å². The van der Waals surface area contributed by atoms with Crippen LogP contribution in [0.3, 0.4) is 0 Å². The van der Waals surface area contributed by atoms with E-state index in [4.69, 9.17) is 30.2 Å². The van der Waals surface area contributed by atoms with Gasteiger partial charge in [-0.1, -0.05) is 48.0 Å². The molecular formula is C34H33ClN2O7. The van der Waals surface area contributed by atoms with Crippen LogP contribution in [0.25, 0.3) is 11.0 Å². The third-order valence-electron chi connectivity index (χ3n) is 7.93. The lowest BCUT2D eigenvalue weighted by atomic mass is 10.1. The summed E-state index contributed by atoms with van der Waals surface area (Å²) >= 11 is 6.16. The van der Waals surface area contributed by atoms with E-state index in [-0.39, 0.29) is 56.2 Å². The molecule has 1 fully saturated rings. The standard InChI is InChI=1S/C34H33ClN2O7/c35-26-10-12-29-28(16-26)34(40)25(21-42-29)18-36(17-24-8-11-30-31(15-24)44-22-43-30)33(39)20-37(19-27-7-4-14-41-27)32(38)13-9-23-5-2-1-3-6-23/h1-3,5-6,8,10-12,15-16,21,27H,4,7,9,13-14,17-20,22H2. The molecule has 4 aromatic rings.